The van der Waals surface area contributed by atoms with Gasteiger partial charge >= 0.3 is 0 Å². The minimum Gasteiger partial charge on any atom is -0.456 e. The molecule has 0 spiro atoms. The molecule has 1 heterocycles. The normalized spacial score (nSPS) is 14.4. The van der Waals surface area contributed by atoms with Crippen LogP contribution in [0, 0.1) is 0 Å². The number of hydrogen-bond acceptors (Lipinski definition) is 1. The van der Waals surface area contributed by atoms with Crippen LogP contribution in [-0.4, -0.2) is 0 Å². The van der Waals surface area contributed by atoms with E-state index < -0.39 is 0 Å². The van der Waals surface area contributed by atoms with Gasteiger partial charge in [-0.2, -0.15) is 0 Å². The van der Waals surface area contributed by atoms with Gasteiger partial charge in [-0.1, -0.05) is 99.5 Å². The fraction of sp³-hybridized carbons (Fsp3) is 0.143. The highest BCUT2D eigenvalue weighted by Crippen LogP contribution is 2.44. The maximum atomic E-state index is 8.58. The van der Waals surface area contributed by atoms with Crippen molar-refractivity contribution < 1.29 is 11.3 Å². The fourth-order valence-electron chi connectivity index (χ4n) is 4.18. The third-order valence-corrected chi connectivity index (χ3v) is 5.28. The van der Waals surface area contributed by atoms with Crippen molar-refractivity contribution in [2.24, 2.45) is 0 Å². The highest BCUT2D eigenvalue weighted by atomic mass is 16.3. The second-order valence-corrected chi connectivity index (χ2v) is 8.26. The Morgan fingerprint density at radius 1 is 0.690 bits per heavy atom. The van der Waals surface area contributed by atoms with Crippen LogP contribution in [0.25, 0.3) is 44.2 Å². The van der Waals surface area contributed by atoms with Crippen molar-refractivity contribution in [1.29, 1.82) is 0 Å². The molecule has 5 rings (SSSR count). The van der Waals surface area contributed by atoms with E-state index in [9.17, 15) is 0 Å². The molecule has 4 aromatic carbocycles. The lowest BCUT2D eigenvalue weighted by Crippen LogP contribution is -2.14. The second kappa shape index (κ2) is 6.63. The molecule has 1 aromatic heterocycles. The van der Waals surface area contributed by atoms with E-state index in [1.807, 2.05) is 54.6 Å². The SMILES string of the molecule is [2H]c1c([2H])c([2H])c(-c2cccc(-c3cccc4oc5ccccc5c34)c2C(C)(C)C)c([2H])c1[2H]. The molecule has 0 saturated carbocycles. The van der Waals surface area contributed by atoms with Gasteiger partial charge in [0.05, 0.1) is 6.85 Å². The molecule has 0 N–H and O–H groups in total. The van der Waals surface area contributed by atoms with Gasteiger partial charge in [0.2, 0.25) is 0 Å². The van der Waals surface area contributed by atoms with Crippen molar-refractivity contribution in [2.45, 2.75) is 26.2 Å². The molecule has 0 unspecified atom stereocenters. The van der Waals surface area contributed by atoms with Crippen LogP contribution in [-0.2, 0) is 5.41 Å². The molecule has 0 atom stereocenters. The summed E-state index contributed by atoms with van der Waals surface area (Å²) in [7, 11) is 0. The lowest BCUT2D eigenvalue weighted by atomic mass is 9.77. The minimum atomic E-state index is -0.387. The zero-order valence-corrected chi connectivity index (χ0v) is 16.7. The number of rotatable bonds is 2. The Kier molecular flexibility index (Phi) is 2.97. The fourth-order valence-corrected chi connectivity index (χ4v) is 4.18. The van der Waals surface area contributed by atoms with Crippen molar-refractivity contribution in [3.05, 3.63) is 96.4 Å². The summed E-state index contributed by atoms with van der Waals surface area (Å²) in [5.41, 5.74) is 4.95. The number of benzene rings is 4. The lowest BCUT2D eigenvalue weighted by molar-refractivity contribution is 0.594. The Morgan fingerprint density at radius 2 is 1.34 bits per heavy atom. The van der Waals surface area contributed by atoms with Gasteiger partial charge in [0.15, 0.2) is 0 Å². The minimum absolute atomic E-state index is 0.194. The Bertz CT molecular complexity index is 1560. The Morgan fingerprint density at radius 3 is 2.14 bits per heavy atom. The van der Waals surface area contributed by atoms with Crippen molar-refractivity contribution in [2.75, 3.05) is 0 Å². The summed E-state index contributed by atoms with van der Waals surface area (Å²) < 4.78 is 47.6. The molecular weight excluding hydrogens is 352 g/mol. The van der Waals surface area contributed by atoms with E-state index in [4.69, 9.17) is 11.3 Å². The molecule has 142 valence electrons. The monoisotopic (exact) mass is 381 g/mol. The first-order valence-corrected chi connectivity index (χ1v) is 9.72. The lowest BCUT2D eigenvalue weighted by Gasteiger charge is -2.27. The largest absolute Gasteiger partial charge is 0.456 e. The van der Waals surface area contributed by atoms with Crippen LogP contribution >= 0.6 is 0 Å². The molecule has 1 heteroatoms. The second-order valence-electron chi connectivity index (χ2n) is 8.26. The Labute approximate surface area is 178 Å². The molecule has 0 saturated heterocycles. The van der Waals surface area contributed by atoms with Gasteiger partial charge in [0.1, 0.15) is 11.2 Å². The van der Waals surface area contributed by atoms with Gasteiger partial charge in [0.25, 0.3) is 0 Å². The quantitative estimate of drug-likeness (QED) is 0.300. The van der Waals surface area contributed by atoms with Crippen LogP contribution in [0.2, 0.25) is 0 Å². The van der Waals surface area contributed by atoms with Crippen molar-refractivity contribution >= 4 is 21.9 Å². The van der Waals surface area contributed by atoms with Crippen LogP contribution in [0.5, 0.6) is 0 Å². The van der Waals surface area contributed by atoms with Gasteiger partial charge in [-0.05, 0) is 45.4 Å². The maximum Gasteiger partial charge on any atom is 0.136 e. The van der Waals surface area contributed by atoms with Crippen molar-refractivity contribution in [3.8, 4) is 22.3 Å². The molecule has 29 heavy (non-hydrogen) atoms. The van der Waals surface area contributed by atoms with E-state index >= 15 is 0 Å². The number of fused-ring (bicyclic) bond motifs is 3. The van der Waals surface area contributed by atoms with E-state index in [0.717, 1.165) is 38.6 Å². The molecule has 0 amide bonds. The maximum absolute atomic E-state index is 8.58. The number of hydrogen-bond donors (Lipinski definition) is 0. The number of para-hydroxylation sites is 1. The van der Waals surface area contributed by atoms with E-state index in [0.29, 0.717) is 5.56 Å². The van der Waals surface area contributed by atoms with Gasteiger partial charge < -0.3 is 4.42 Å². The number of furan rings is 1. The molecule has 0 aliphatic rings. The van der Waals surface area contributed by atoms with Crippen LogP contribution in [0.1, 0.15) is 33.2 Å². The Balaban J connectivity index is 1.92. The molecule has 1 nitrogen and oxygen atoms in total. The molecule has 0 radical (unpaired) electrons. The third-order valence-electron chi connectivity index (χ3n) is 5.28. The van der Waals surface area contributed by atoms with Crippen LogP contribution in [0.15, 0.2) is 95.3 Å². The van der Waals surface area contributed by atoms with Crippen molar-refractivity contribution in [1.82, 2.24) is 0 Å². The summed E-state index contributed by atoms with van der Waals surface area (Å²) in [5, 5.41) is 2.02. The standard InChI is InChI=1S/C28H24O/c1-28(2,3)27-20(19-11-5-4-6-12-19)14-9-16-22(27)21-15-10-18-25-26(21)23-13-7-8-17-24(23)29-25/h4-18H,1-3H3/i4D,5D,6D,11D,12D. The van der Waals surface area contributed by atoms with E-state index in [2.05, 4.69) is 26.8 Å². The zero-order valence-electron chi connectivity index (χ0n) is 21.7. The topological polar surface area (TPSA) is 13.1 Å². The molecule has 0 bridgehead atoms. The van der Waals surface area contributed by atoms with E-state index in [-0.39, 0.29) is 41.2 Å². The van der Waals surface area contributed by atoms with Gasteiger partial charge in [0, 0.05) is 10.8 Å². The predicted octanol–water partition coefficient (Wildman–Crippen LogP) is 8.22. The van der Waals surface area contributed by atoms with E-state index in [1.165, 1.54) is 0 Å². The summed E-state index contributed by atoms with van der Waals surface area (Å²) >= 11 is 0. The first-order valence-electron chi connectivity index (χ1n) is 12.2. The first-order chi connectivity index (χ1) is 16.1. The van der Waals surface area contributed by atoms with Gasteiger partial charge in [-0.15, -0.1) is 0 Å². The molecular formula is C28H24O. The van der Waals surface area contributed by atoms with Gasteiger partial charge in [-0.25, -0.2) is 0 Å². The molecule has 0 aliphatic heterocycles. The highest BCUT2D eigenvalue weighted by Gasteiger charge is 2.24. The van der Waals surface area contributed by atoms with Crippen LogP contribution in [0.3, 0.4) is 0 Å². The molecule has 0 aliphatic carbocycles. The van der Waals surface area contributed by atoms with Gasteiger partial charge in [-0.3, -0.25) is 0 Å². The van der Waals surface area contributed by atoms with Crippen LogP contribution < -0.4 is 0 Å². The van der Waals surface area contributed by atoms with E-state index in [1.54, 1.807) is 0 Å². The van der Waals surface area contributed by atoms with Crippen molar-refractivity contribution in [3.63, 3.8) is 0 Å². The average molecular weight is 382 g/mol. The highest BCUT2D eigenvalue weighted by molar-refractivity contribution is 6.13. The summed E-state index contributed by atoms with van der Waals surface area (Å²) in [6, 6.07) is 18.2. The molecule has 0 fully saturated rings. The summed E-state index contributed by atoms with van der Waals surface area (Å²) in [6.07, 6.45) is 0. The molecule has 5 aromatic rings. The Hall–Kier alpha value is -3.32. The zero-order chi connectivity index (χ0) is 24.4. The average Bonchev–Trinajstić information content (AvgIpc) is 3.19. The first kappa shape index (κ1) is 13.0. The summed E-state index contributed by atoms with van der Waals surface area (Å²) in [6.45, 7) is 6.24. The summed E-state index contributed by atoms with van der Waals surface area (Å²) in [4.78, 5) is 0. The summed E-state index contributed by atoms with van der Waals surface area (Å²) in [5.74, 6) is 0. The van der Waals surface area contributed by atoms with Crippen LogP contribution in [0.4, 0.5) is 0 Å². The third kappa shape index (κ3) is 2.94. The predicted molar refractivity (Wildman–Crippen MR) is 123 cm³/mol. The smallest absolute Gasteiger partial charge is 0.136 e.